The Hall–Kier alpha value is -1.16. The molecule has 0 heterocycles. The lowest BCUT2D eigenvalue weighted by Crippen LogP contribution is -2.67. The Morgan fingerprint density at radius 1 is 0.912 bits per heavy atom. The van der Waals surface area contributed by atoms with E-state index in [9.17, 15) is 19.8 Å². The van der Waals surface area contributed by atoms with E-state index in [0.717, 1.165) is 50.5 Å². The minimum Gasteiger partial charge on any atom is -0.481 e. The van der Waals surface area contributed by atoms with E-state index in [1.807, 2.05) is 6.92 Å². The van der Waals surface area contributed by atoms with Gasteiger partial charge in [0.05, 0.1) is 11.5 Å². The lowest BCUT2D eigenvalue weighted by molar-refractivity contribution is -0.248. The van der Waals surface area contributed by atoms with Gasteiger partial charge in [-0.2, -0.15) is 0 Å². The fourth-order valence-corrected chi connectivity index (χ4v) is 11.3. The number of rotatable bonds is 2. The number of hydrogen-bond acceptors (Lipinski definition) is 3. The van der Waals surface area contributed by atoms with Crippen LogP contribution in [0, 0.1) is 56.7 Å². The molecule has 2 N–H and O–H groups in total. The van der Waals surface area contributed by atoms with Gasteiger partial charge in [-0.25, -0.2) is 0 Å². The standard InChI is InChI=1S/C30H46O4/c1-17(2)23-19(31)16-30(25(33)34)15-14-28(6)18(24(23)30)8-9-21-27(5)12-11-22(32)26(3,4)20(27)10-13-29(21,28)7/h18,20-24,32H,1,8-16H2,2-7H3,(H,33,34)/t18-,20+,21-,22+,23-,24-,27+,28-,29-,30-/m1/s1. The topological polar surface area (TPSA) is 74.6 Å². The van der Waals surface area contributed by atoms with Crippen LogP contribution in [0.4, 0.5) is 0 Å². The number of carboxylic acids is 1. The third-order valence-corrected chi connectivity index (χ3v) is 13.2. The normalized spacial score (nSPS) is 53.8. The van der Waals surface area contributed by atoms with Gasteiger partial charge in [0, 0.05) is 12.3 Å². The molecule has 0 saturated heterocycles. The van der Waals surface area contributed by atoms with Crippen molar-refractivity contribution in [2.24, 2.45) is 56.7 Å². The van der Waals surface area contributed by atoms with Crippen LogP contribution in [-0.2, 0) is 9.59 Å². The number of allylic oxidation sites excluding steroid dienone is 1. The number of carbonyl (C=O) groups is 2. The van der Waals surface area contributed by atoms with Crippen molar-refractivity contribution < 1.29 is 19.8 Å². The number of hydrogen-bond donors (Lipinski definition) is 2. The molecule has 4 heteroatoms. The number of carbonyl (C=O) groups excluding carboxylic acids is 1. The van der Waals surface area contributed by atoms with E-state index in [1.165, 1.54) is 0 Å². The van der Waals surface area contributed by atoms with E-state index < -0.39 is 11.4 Å². The number of aliphatic hydroxyl groups is 1. The highest BCUT2D eigenvalue weighted by Gasteiger charge is 2.73. The summed E-state index contributed by atoms with van der Waals surface area (Å²) in [6, 6.07) is 0. The van der Waals surface area contributed by atoms with Gasteiger partial charge >= 0.3 is 5.97 Å². The van der Waals surface area contributed by atoms with Crippen molar-refractivity contribution in [2.75, 3.05) is 0 Å². The molecular formula is C30H46O4. The molecule has 5 saturated carbocycles. The average molecular weight is 471 g/mol. The highest BCUT2D eigenvalue weighted by molar-refractivity contribution is 5.94. The van der Waals surface area contributed by atoms with Crippen molar-refractivity contribution in [2.45, 2.75) is 105 Å². The van der Waals surface area contributed by atoms with Crippen molar-refractivity contribution in [1.29, 1.82) is 0 Å². The molecule has 0 bridgehead atoms. The molecule has 0 aliphatic heterocycles. The Balaban J connectivity index is 1.59. The fraction of sp³-hybridized carbons (Fsp3) is 0.867. The maximum Gasteiger partial charge on any atom is 0.310 e. The van der Waals surface area contributed by atoms with E-state index in [1.54, 1.807) is 0 Å². The summed E-state index contributed by atoms with van der Waals surface area (Å²) in [5.74, 6) is 0.245. The minimum atomic E-state index is -0.911. The van der Waals surface area contributed by atoms with E-state index in [2.05, 4.69) is 41.2 Å². The third-order valence-electron chi connectivity index (χ3n) is 13.2. The van der Waals surface area contributed by atoms with Gasteiger partial charge in [-0.1, -0.05) is 46.8 Å². The molecule has 0 aromatic rings. The van der Waals surface area contributed by atoms with Crippen LogP contribution >= 0.6 is 0 Å². The Labute approximate surface area is 206 Å². The van der Waals surface area contributed by atoms with Gasteiger partial charge < -0.3 is 10.2 Å². The first-order valence-electron chi connectivity index (χ1n) is 13.8. The van der Waals surface area contributed by atoms with E-state index >= 15 is 0 Å². The Kier molecular flexibility index (Phi) is 5.20. The zero-order valence-electron chi connectivity index (χ0n) is 22.2. The summed E-state index contributed by atoms with van der Waals surface area (Å²) in [5, 5.41) is 21.3. The molecule has 4 nitrogen and oxygen atoms in total. The maximum atomic E-state index is 13.2. The lowest BCUT2D eigenvalue weighted by Gasteiger charge is -2.72. The van der Waals surface area contributed by atoms with Gasteiger partial charge in [-0.15, -0.1) is 0 Å². The Bertz CT molecular complexity index is 936. The molecule has 0 amide bonds. The predicted molar refractivity (Wildman–Crippen MR) is 133 cm³/mol. The summed E-state index contributed by atoms with van der Waals surface area (Å²) >= 11 is 0. The molecule has 190 valence electrons. The second-order valence-electron chi connectivity index (χ2n) is 14.5. The van der Waals surface area contributed by atoms with Crippen LogP contribution in [0.25, 0.3) is 0 Å². The summed E-state index contributed by atoms with van der Waals surface area (Å²) in [4.78, 5) is 26.0. The van der Waals surface area contributed by atoms with Crippen LogP contribution in [0.1, 0.15) is 99.3 Å². The summed E-state index contributed by atoms with van der Waals surface area (Å²) in [6.45, 7) is 18.2. The zero-order chi connectivity index (χ0) is 25.1. The van der Waals surface area contributed by atoms with Crippen molar-refractivity contribution in [3.05, 3.63) is 12.2 Å². The second kappa shape index (κ2) is 7.20. The molecule has 5 rings (SSSR count). The molecule has 10 atom stereocenters. The summed E-state index contributed by atoms with van der Waals surface area (Å²) in [5.41, 5.74) is 0.214. The monoisotopic (exact) mass is 470 g/mol. The van der Waals surface area contributed by atoms with Crippen molar-refractivity contribution in [3.63, 3.8) is 0 Å². The molecule has 0 radical (unpaired) electrons. The maximum absolute atomic E-state index is 13.2. The van der Waals surface area contributed by atoms with Crippen molar-refractivity contribution >= 4 is 11.8 Å². The highest BCUT2D eigenvalue weighted by Crippen LogP contribution is 2.77. The molecule has 0 aromatic heterocycles. The number of ketones is 1. The highest BCUT2D eigenvalue weighted by atomic mass is 16.4. The molecule has 34 heavy (non-hydrogen) atoms. The van der Waals surface area contributed by atoms with Crippen molar-refractivity contribution in [3.8, 4) is 0 Å². The van der Waals surface area contributed by atoms with Gasteiger partial charge in [-0.3, -0.25) is 9.59 Å². The molecular weight excluding hydrogens is 424 g/mol. The molecule has 5 aliphatic carbocycles. The number of aliphatic hydroxyl groups excluding tert-OH is 1. The van der Waals surface area contributed by atoms with Gasteiger partial charge in [0.25, 0.3) is 0 Å². The SMILES string of the molecule is C=C(C)[C@@H]1C(=O)C[C@]2(C(=O)O)CC[C@]3(C)[C@H](CC[C@@H]4[C@@]5(C)CC[C@H](O)C(C)(C)[C@@H]5CC[C@]43C)[C@H]12. The molecule has 5 fully saturated rings. The predicted octanol–water partition coefficient (Wildman–Crippen LogP) is 6.27. The largest absolute Gasteiger partial charge is 0.481 e. The Morgan fingerprint density at radius 3 is 2.21 bits per heavy atom. The Morgan fingerprint density at radius 2 is 1.59 bits per heavy atom. The zero-order valence-corrected chi connectivity index (χ0v) is 22.2. The van der Waals surface area contributed by atoms with Gasteiger partial charge in [-0.05, 0) is 104 Å². The van der Waals surface area contributed by atoms with Crippen LogP contribution in [0.5, 0.6) is 0 Å². The molecule has 0 aromatic carbocycles. The number of aliphatic carboxylic acids is 1. The molecule has 0 unspecified atom stereocenters. The van der Waals surface area contributed by atoms with E-state index in [0.29, 0.717) is 18.3 Å². The average Bonchev–Trinajstić information content (AvgIpc) is 3.05. The van der Waals surface area contributed by atoms with E-state index in [4.69, 9.17) is 0 Å². The summed E-state index contributed by atoms with van der Waals surface area (Å²) in [6.07, 6.45) is 7.82. The summed E-state index contributed by atoms with van der Waals surface area (Å²) in [7, 11) is 0. The summed E-state index contributed by atoms with van der Waals surface area (Å²) < 4.78 is 0. The van der Waals surface area contributed by atoms with Crippen LogP contribution in [0.3, 0.4) is 0 Å². The number of Topliss-reactive ketones (excluding diaryl/α,β-unsaturated/α-hetero) is 1. The van der Waals surface area contributed by atoms with Crippen LogP contribution in [0.15, 0.2) is 12.2 Å². The molecule has 5 aliphatic rings. The lowest BCUT2D eigenvalue weighted by atomic mass is 9.32. The van der Waals surface area contributed by atoms with Gasteiger partial charge in [0.2, 0.25) is 0 Å². The smallest absolute Gasteiger partial charge is 0.310 e. The first-order chi connectivity index (χ1) is 15.7. The first-order valence-corrected chi connectivity index (χ1v) is 13.8. The minimum absolute atomic E-state index is 0.0199. The number of fused-ring (bicyclic) bond motifs is 7. The van der Waals surface area contributed by atoms with Gasteiger partial charge in [0.1, 0.15) is 5.78 Å². The second-order valence-corrected chi connectivity index (χ2v) is 14.5. The number of carboxylic acid groups (broad SMARTS) is 1. The third kappa shape index (κ3) is 2.70. The fourth-order valence-electron chi connectivity index (χ4n) is 11.3. The molecule has 0 spiro atoms. The van der Waals surface area contributed by atoms with Crippen LogP contribution in [0.2, 0.25) is 0 Å². The van der Waals surface area contributed by atoms with Crippen LogP contribution < -0.4 is 0 Å². The van der Waals surface area contributed by atoms with Crippen LogP contribution in [-0.4, -0.2) is 28.1 Å². The quantitative estimate of drug-likeness (QED) is 0.467. The first kappa shape index (κ1) is 24.5. The van der Waals surface area contributed by atoms with Crippen molar-refractivity contribution in [1.82, 2.24) is 0 Å². The van der Waals surface area contributed by atoms with Gasteiger partial charge in [0.15, 0.2) is 0 Å². The van der Waals surface area contributed by atoms with E-state index in [-0.39, 0.29) is 57.7 Å².